The normalized spacial score (nSPS) is 16.6. The molecule has 0 aliphatic carbocycles. The van der Waals surface area contributed by atoms with Gasteiger partial charge >= 0.3 is 0 Å². The lowest BCUT2D eigenvalue weighted by Gasteiger charge is -2.32. The summed E-state index contributed by atoms with van der Waals surface area (Å²) in [5.41, 5.74) is 0. The molecule has 0 atom stereocenters. The molecule has 1 saturated heterocycles. The fourth-order valence-corrected chi connectivity index (χ4v) is 3.44. The number of amides is 2. The van der Waals surface area contributed by atoms with E-state index < -0.39 is 0 Å². The molecule has 2 amide bonds. The first-order valence-corrected chi connectivity index (χ1v) is 7.74. The molecule has 1 fully saturated rings. The van der Waals surface area contributed by atoms with Crippen molar-refractivity contribution in [3.8, 4) is 0 Å². The van der Waals surface area contributed by atoms with Crippen molar-refractivity contribution >= 4 is 23.6 Å². The van der Waals surface area contributed by atoms with E-state index in [1.807, 2.05) is 0 Å². The quantitative estimate of drug-likeness (QED) is 0.800. The summed E-state index contributed by atoms with van der Waals surface area (Å²) in [4.78, 5) is 25.0. The van der Waals surface area contributed by atoms with Crippen molar-refractivity contribution in [2.75, 3.05) is 25.4 Å². The standard InChI is InChI=1S/C13H24N2O2S/c1-4-13(5-2,6-3)18-10-12(17)15-8-7-14-11(16)9-15/h4-10H2,1-3H3,(H,14,16). The number of carbonyl (C=O) groups is 2. The summed E-state index contributed by atoms with van der Waals surface area (Å²) in [7, 11) is 0. The van der Waals surface area contributed by atoms with E-state index >= 15 is 0 Å². The zero-order chi connectivity index (χ0) is 13.6. The fourth-order valence-electron chi connectivity index (χ4n) is 2.21. The third-order valence-corrected chi connectivity index (χ3v) is 5.70. The van der Waals surface area contributed by atoms with Crippen LogP contribution in [-0.2, 0) is 9.59 Å². The van der Waals surface area contributed by atoms with E-state index in [-0.39, 0.29) is 23.1 Å². The van der Waals surface area contributed by atoms with E-state index in [4.69, 9.17) is 0 Å². The van der Waals surface area contributed by atoms with Crippen LogP contribution in [0.5, 0.6) is 0 Å². The van der Waals surface area contributed by atoms with Crippen LogP contribution in [0.15, 0.2) is 0 Å². The molecular weight excluding hydrogens is 248 g/mol. The van der Waals surface area contributed by atoms with E-state index in [9.17, 15) is 9.59 Å². The summed E-state index contributed by atoms with van der Waals surface area (Å²) in [5.74, 6) is 0.532. The molecule has 1 rings (SSSR count). The Hall–Kier alpha value is -0.710. The minimum absolute atomic E-state index is 0.0488. The maximum atomic E-state index is 12.1. The van der Waals surface area contributed by atoms with Crippen LogP contribution in [-0.4, -0.2) is 46.8 Å². The molecule has 0 unspecified atom stereocenters. The lowest BCUT2D eigenvalue weighted by molar-refractivity contribution is -0.136. The van der Waals surface area contributed by atoms with E-state index in [2.05, 4.69) is 26.1 Å². The molecule has 1 aliphatic rings. The van der Waals surface area contributed by atoms with Crippen molar-refractivity contribution in [1.29, 1.82) is 0 Å². The molecule has 1 aliphatic heterocycles. The van der Waals surface area contributed by atoms with Crippen LogP contribution in [0.1, 0.15) is 40.0 Å². The van der Waals surface area contributed by atoms with Gasteiger partial charge in [-0.15, -0.1) is 11.8 Å². The van der Waals surface area contributed by atoms with E-state index in [1.165, 1.54) is 0 Å². The highest BCUT2D eigenvalue weighted by atomic mass is 32.2. The monoisotopic (exact) mass is 272 g/mol. The van der Waals surface area contributed by atoms with Gasteiger partial charge in [0.1, 0.15) is 0 Å². The third-order valence-electron chi connectivity index (χ3n) is 3.83. The van der Waals surface area contributed by atoms with Gasteiger partial charge in [-0.2, -0.15) is 0 Å². The minimum atomic E-state index is -0.0488. The number of hydrogen-bond acceptors (Lipinski definition) is 3. The van der Waals surface area contributed by atoms with Crippen LogP contribution >= 0.6 is 11.8 Å². The molecule has 0 aromatic rings. The van der Waals surface area contributed by atoms with Gasteiger partial charge in [0.25, 0.3) is 0 Å². The second kappa shape index (κ2) is 7.02. The van der Waals surface area contributed by atoms with E-state index in [0.717, 1.165) is 19.3 Å². The van der Waals surface area contributed by atoms with Gasteiger partial charge in [0.15, 0.2) is 0 Å². The van der Waals surface area contributed by atoms with E-state index in [0.29, 0.717) is 18.8 Å². The van der Waals surface area contributed by atoms with Crippen LogP contribution < -0.4 is 5.32 Å². The van der Waals surface area contributed by atoms with Crippen LogP contribution in [0.4, 0.5) is 0 Å². The van der Waals surface area contributed by atoms with Gasteiger partial charge in [-0.3, -0.25) is 9.59 Å². The molecule has 0 saturated carbocycles. The van der Waals surface area contributed by atoms with Crippen molar-refractivity contribution in [2.45, 2.75) is 44.8 Å². The lowest BCUT2D eigenvalue weighted by atomic mass is 9.99. The average molecular weight is 272 g/mol. The molecule has 0 bridgehead atoms. The molecule has 1 N–H and O–H groups in total. The van der Waals surface area contributed by atoms with Crippen LogP contribution in [0.3, 0.4) is 0 Å². The number of nitrogens with one attached hydrogen (secondary N) is 1. The first kappa shape index (κ1) is 15.3. The van der Waals surface area contributed by atoms with Gasteiger partial charge in [0.05, 0.1) is 12.3 Å². The summed E-state index contributed by atoms with van der Waals surface area (Å²) in [6, 6.07) is 0. The number of rotatable bonds is 6. The first-order valence-electron chi connectivity index (χ1n) is 6.75. The number of thioether (sulfide) groups is 1. The van der Waals surface area contributed by atoms with Crippen molar-refractivity contribution in [1.82, 2.24) is 10.2 Å². The first-order chi connectivity index (χ1) is 8.56. The number of piperazine rings is 1. The topological polar surface area (TPSA) is 49.4 Å². The maximum Gasteiger partial charge on any atom is 0.239 e. The van der Waals surface area contributed by atoms with E-state index in [1.54, 1.807) is 16.7 Å². The molecular formula is C13H24N2O2S. The smallest absolute Gasteiger partial charge is 0.239 e. The van der Waals surface area contributed by atoms with Crippen molar-refractivity contribution < 1.29 is 9.59 Å². The van der Waals surface area contributed by atoms with Gasteiger partial charge in [0.2, 0.25) is 11.8 Å². The molecule has 104 valence electrons. The minimum Gasteiger partial charge on any atom is -0.353 e. The van der Waals surface area contributed by atoms with Crippen LogP contribution in [0.2, 0.25) is 0 Å². The number of carbonyl (C=O) groups excluding carboxylic acids is 2. The molecule has 5 heteroatoms. The summed E-state index contributed by atoms with van der Waals surface area (Å²) >= 11 is 1.75. The largest absolute Gasteiger partial charge is 0.353 e. The number of nitrogens with zero attached hydrogens (tertiary/aromatic N) is 1. The zero-order valence-electron chi connectivity index (χ0n) is 11.6. The van der Waals surface area contributed by atoms with Crippen molar-refractivity contribution in [3.63, 3.8) is 0 Å². The van der Waals surface area contributed by atoms with Crippen LogP contribution in [0.25, 0.3) is 0 Å². The Kier molecular flexibility index (Phi) is 5.99. The molecule has 0 spiro atoms. The Balaban J connectivity index is 2.46. The van der Waals surface area contributed by atoms with Gasteiger partial charge in [-0.05, 0) is 19.3 Å². The Morgan fingerprint density at radius 3 is 2.44 bits per heavy atom. The van der Waals surface area contributed by atoms with Gasteiger partial charge < -0.3 is 10.2 Å². The third kappa shape index (κ3) is 3.90. The summed E-state index contributed by atoms with van der Waals surface area (Å²) < 4.78 is 0.216. The Bertz CT molecular complexity index is 295. The van der Waals surface area contributed by atoms with Crippen LogP contribution in [0, 0.1) is 0 Å². The highest BCUT2D eigenvalue weighted by Gasteiger charge is 2.27. The molecule has 18 heavy (non-hydrogen) atoms. The summed E-state index contributed by atoms with van der Waals surface area (Å²) in [6.45, 7) is 7.98. The highest BCUT2D eigenvalue weighted by molar-refractivity contribution is 8.01. The summed E-state index contributed by atoms with van der Waals surface area (Å²) in [6.07, 6.45) is 3.25. The summed E-state index contributed by atoms with van der Waals surface area (Å²) in [5, 5.41) is 2.73. The highest BCUT2D eigenvalue weighted by Crippen LogP contribution is 2.35. The Morgan fingerprint density at radius 1 is 1.33 bits per heavy atom. The molecule has 4 nitrogen and oxygen atoms in total. The molecule has 0 aromatic heterocycles. The number of hydrogen-bond donors (Lipinski definition) is 1. The molecule has 1 heterocycles. The second-order valence-corrected chi connectivity index (χ2v) is 6.14. The molecule has 0 aromatic carbocycles. The maximum absolute atomic E-state index is 12.1. The molecule has 0 radical (unpaired) electrons. The van der Waals surface area contributed by atoms with Crippen molar-refractivity contribution in [3.05, 3.63) is 0 Å². The Labute approximate surface area is 114 Å². The van der Waals surface area contributed by atoms with Crippen molar-refractivity contribution in [2.24, 2.45) is 0 Å². The zero-order valence-corrected chi connectivity index (χ0v) is 12.4. The van der Waals surface area contributed by atoms with Gasteiger partial charge in [0, 0.05) is 17.8 Å². The van der Waals surface area contributed by atoms with Gasteiger partial charge in [-0.1, -0.05) is 20.8 Å². The Morgan fingerprint density at radius 2 is 1.94 bits per heavy atom. The fraction of sp³-hybridized carbons (Fsp3) is 0.846. The lowest BCUT2D eigenvalue weighted by Crippen LogP contribution is -2.50. The predicted molar refractivity (Wildman–Crippen MR) is 75.7 cm³/mol. The van der Waals surface area contributed by atoms with Gasteiger partial charge in [-0.25, -0.2) is 0 Å². The second-order valence-electron chi connectivity index (χ2n) is 4.70. The average Bonchev–Trinajstić information content (AvgIpc) is 2.40. The predicted octanol–water partition coefficient (Wildman–Crippen LogP) is 1.65. The SMILES string of the molecule is CCC(CC)(CC)SCC(=O)N1CCNC(=O)C1.